The predicted molar refractivity (Wildman–Crippen MR) is 238 cm³/mol. The molecule has 0 aromatic heterocycles. The number of benzene rings is 6. The zero-order valence-electron chi connectivity index (χ0n) is 31.0. The molecule has 2 unspecified atom stereocenters. The second kappa shape index (κ2) is 16.9. The number of hydrazone groups is 2. The summed E-state index contributed by atoms with van der Waals surface area (Å²) < 4.78 is 59.0. The molecule has 2 aliphatic rings. The normalized spacial score (nSPS) is 16.3. The topological polar surface area (TPSA) is 158 Å². The van der Waals surface area contributed by atoms with Crippen molar-refractivity contribution < 1.29 is 21.6 Å². The Labute approximate surface area is 366 Å². The van der Waals surface area contributed by atoms with Crippen LogP contribution in [0.4, 0.5) is 11.4 Å². The lowest BCUT2D eigenvalue weighted by Crippen LogP contribution is -2.15. The first-order valence-corrected chi connectivity index (χ1v) is 22.8. The van der Waals surface area contributed by atoms with Crippen LogP contribution in [0.15, 0.2) is 153 Å². The largest absolute Gasteiger partial charge is 0.302 e. The fourth-order valence-electron chi connectivity index (χ4n) is 6.93. The van der Waals surface area contributed by atoms with Crippen LogP contribution in [0.1, 0.15) is 63.1 Å². The highest BCUT2D eigenvalue weighted by molar-refractivity contribution is 7.93. The molecule has 2 atom stereocenters. The molecule has 0 aliphatic carbocycles. The molecular formula is C43H32Cl4N6O5S2. The average molecular weight is 919 g/mol. The summed E-state index contributed by atoms with van der Waals surface area (Å²) in [6, 6.07) is 34.7. The van der Waals surface area contributed by atoms with E-state index in [2.05, 4.69) is 30.5 Å². The molecule has 60 heavy (non-hydrogen) atoms. The van der Waals surface area contributed by atoms with Crippen molar-refractivity contribution in [3.63, 3.8) is 0 Å². The van der Waals surface area contributed by atoms with Crippen molar-refractivity contribution in [1.29, 1.82) is 0 Å². The van der Waals surface area contributed by atoms with Crippen LogP contribution in [0, 0.1) is 0 Å². The SMILES string of the molecule is O=C(c1cccc(S(=O)(=O)Nc2ccc(C3=NNC(c4c(Cl)cccc4Cl)C3)cc2)c1)c1cccc(S(=O)(=O)Nc2ccc(C3=NNC(c4c(Cl)cccc4Cl)C3)cc2)c1. The minimum absolute atomic E-state index is 0.0506. The van der Waals surface area contributed by atoms with Crippen LogP contribution >= 0.6 is 46.4 Å². The third-order valence-corrected chi connectivity index (χ3v) is 14.0. The summed E-state index contributed by atoms with van der Waals surface area (Å²) in [5, 5.41) is 11.0. The van der Waals surface area contributed by atoms with E-state index < -0.39 is 25.8 Å². The Morgan fingerprint density at radius 2 is 0.867 bits per heavy atom. The number of nitrogens with zero attached hydrogens (tertiary/aromatic N) is 2. The Hall–Kier alpha value is -5.41. The molecule has 2 aliphatic heterocycles. The van der Waals surface area contributed by atoms with Gasteiger partial charge in [0.25, 0.3) is 20.0 Å². The standard InChI is InChI=1S/C43H32Cl4N6O5S2/c44-33-9-3-10-34(45)41(33)39-23-37(48-50-39)25-13-17-29(18-14-25)52-59(55,56)31-7-1-5-27(21-31)43(54)28-6-2-8-32(22-28)60(57,58)53-30-19-15-26(16-20-30)38-24-40(51-49-38)42-35(46)11-4-12-36(42)47/h1-22,39-40,50-53H,23-24H2. The smallest absolute Gasteiger partial charge is 0.261 e. The number of halogens is 4. The summed E-state index contributed by atoms with van der Waals surface area (Å²) in [6.45, 7) is 0. The van der Waals surface area contributed by atoms with Gasteiger partial charge in [0.1, 0.15) is 0 Å². The Morgan fingerprint density at radius 1 is 0.517 bits per heavy atom. The van der Waals surface area contributed by atoms with Crippen LogP contribution in [0.25, 0.3) is 0 Å². The minimum Gasteiger partial charge on any atom is -0.302 e. The summed E-state index contributed by atoms with van der Waals surface area (Å²) >= 11 is 25.6. The van der Waals surface area contributed by atoms with E-state index >= 15 is 0 Å². The summed E-state index contributed by atoms with van der Waals surface area (Å²) in [4.78, 5) is 13.3. The number of anilines is 2. The van der Waals surface area contributed by atoms with Crippen LogP contribution in [0.3, 0.4) is 0 Å². The maximum atomic E-state index is 13.7. The second-order valence-electron chi connectivity index (χ2n) is 13.9. The molecule has 0 radical (unpaired) electrons. The summed E-state index contributed by atoms with van der Waals surface area (Å²) in [6.07, 6.45) is 1.04. The zero-order valence-corrected chi connectivity index (χ0v) is 35.7. The average Bonchev–Trinajstić information content (AvgIpc) is 3.92. The van der Waals surface area contributed by atoms with Gasteiger partial charge in [-0.2, -0.15) is 10.2 Å². The number of carbonyl (C=O) groups excluding carboxylic acids is 1. The highest BCUT2D eigenvalue weighted by Crippen LogP contribution is 2.37. The summed E-state index contributed by atoms with van der Waals surface area (Å²) in [5.74, 6) is -0.567. The van der Waals surface area contributed by atoms with E-state index in [-0.39, 0.29) is 33.0 Å². The van der Waals surface area contributed by atoms with Gasteiger partial charge in [-0.3, -0.25) is 14.2 Å². The summed E-state index contributed by atoms with van der Waals surface area (Å²) in [5.41, 5.74) is 11.4. The molecule has 17 heteroatoms. The van der Waals surface area contributed by atoms with E-state index in [1.165, 1.54) is 48.5 Å². The monoisotopic (exact) mass is 916 g/mol. The lowest BCUT2D eigenvalue weighted by molar-refractivity contribution is 0.103. The quantitative estimate of drug-likeness (QED) is 0.0890. The Bertz CT molecular complexity index is 2710. The maximum absolute atomic E-state index is 13.7. The number of ketones is 1. The van der Waals surface area contributed by atoms with Crippen molar-refractivity contribution in [2.45, 2.75) is 34.7 Å². The number of rotatable bonds is 12. The highest BCUT2D eigenvalue weighted by atomic mass is 35.5. The predicted octanol–water partition coefficient (Wildman–Crippen LogP) is 10.0. The van der Waals surface area contributed by atoms with Gasteiger partial charge in [0.15, 0.2) is 5.78 Å². The van der Waals surface area contributed by atoms with Crippen molar-refractivity contribution >= 4 is 95.0 Å². The van der Waals surface area contributed by atoms with E-state index in [1.54, 1.807) is 84.9 Å². The van der Waals surface area contributed by atoms with E-state index in [9.17, 15) is 21.6 Å². The summed E-state index contributed by atoms with van der Waals surface area (Å²) in [7, 11) is -8.27. The molecule has 6 aromatic rings. The van der Waals surface area contributed by atoms with Crippen molar-refractivity contribution in [1.82, 2.24) is 10.9 Å². The van der Waals surface area contributed by atoms with E-state index in [1.807, 2.05) is 0 Å². The van der Waals surface area contributed by atoms with Crippen molar-refractivity contribution in [3.05, 3.63) is 187 Å². The first-order chi connectivity index (χ1) is 28.8. The Morgan fingerprint density at radius 3 is 1.23 bits per heavy atom. The molecule has 0 saturated heterocycles. The fourth-order valence-corrected chi connectivity index (χ4v) is 10.5. The van der Waals surface area contributed by atoms with Gasteiger partial charge in [0.2, 0.25) is 0 Å². The van der Waals surface area contributed by atoms with Gasteiger partial charge in [-0.15, -0.1) is 0 Å². The first kappa shape index (κ1) is 41.3. The van der Waals surface area contributed by atoms with Gasteiger partial charge in [-0.05, 0) is 83.9 Å². The molecule has 0 amide bonds. The highest BCUT2D eigenvalue weighted by Gasteiger charge is 2.27. The molecular weight excluding hydrogens is 886 g/mol. The molecule has 0 bridgehead atoms. The molecule has 6 aromatic carbocycles. The molecule has 0 fully saturated rings. The number of hydrogen-bond donors (Lipinski definition) is 4. The Kier molecular flexibility index (Phi) is 11.7. The van der Waals surface area contributed by atoms with Gasteiger partial charge in [0.05, 0.1) is 33.3 Å². The third-order valence-electron chi connectivity index (χ3n) is 9.96. The van der Waals surface area contributed by atoms with Crippen molar-refractivity contribution in [2.24, 2.45) is 10.2 Å². The van der Waals surface area contributed by atoms with Crippen molar-refractivity contribution in [2.75, 3.05) is 9.44 Å². The van der Waals surface area contributed by atoms with Gasteiger partial charge >= 0.3 is 0 Å². The number of hydrogen-bond acceptors (Lipinski definition) is 9. The third kappa shape index (κ3) is 8.73. The number of nitrogens with one attached hydrogen (secondary N) is 4. The van der Waals surface area contributed by atoms with E-state index in [0.717, 1.165) is 33.7 Å². The molecule has 0 saturated carbocycles. The Balaban J connectivity index is 0.907. The van der Waals surface area contributed by atoms with Gasteiger partial charge in [-0.25, -0.2) is 16.8 Å². The van der Waals surface area contributed by atoms with Crippen molar-refractivity contribution in [3.8, 4) is 0 Å². The van der Waals surface area contributed by atoms with Crippen LogP contribution in [-0.4, -0.2) is 34.0 Å². The van der Waals surface area contributed by atoms with Crippen LogP contribution in [0.2, 0.25) is 20.1 Å². The number of sulfonamides is 2. The van der Waals surface area contributed by atoms with Gasteiger partial charge < -0.3 is 10.9 Å². The van der Waals surface area contributed by atoms with Crippen LogP contribution < -0.4 is 20.3 Å². The van der Waals surface area contributed by atoms with Gasteiger partial charge in [0, 0.05) is 66.6 Å². The van der Waals surface area contributed by atoms with Gasteiger partial charge in [-0.1, -0.05) is 107 Å². The first-order valence-electron chi connectivity index (χ1n) is 18.3. The molecule has 4 N–H and O–H groups in total. The maximum Gasteiger partial charge on any atom is 0.261 e. The van der Waals surface area contributed by atoms with E-state index in [0.29, 0.717) is 44.3 Å². The molecule has 2 heterocycles. The molecule has 11 nitrogen and oxygen atoms in total. The number of carbonyl (C=O) groups is 1. The van der Waals surface area contributed by atoms with E-state index in [4.69, 9.17) is 46.4 Å². The molecule has 8 rings (SSSR count). The minimum atomic E-state index is -4.13. The molecule has 304 valence electrons. The fraction of sp³-hybridized carbons (Fsp3) is 0.0930. The molecule has 0 spiro atoms. The zero-order chi connectivity index (χ0) is 42.2. The van der Waals surface area contributed by atoms with Crippen LogP contribution in [-0.2, 0) is 20.0 Å². The lowest BCUT2D eigenvalue weighted by Gasteiger charge is -2.14. The second-order valence-corrected chi connectivity index (χ2v) is 18.9. The van der Waals surface area contributed by atoms with Crippen LogP contribution in [0.5, 0.6) is 0 Å². The lowest BCUT2D eigenvalue weighted by atomic mass is 9.99.